The van der Waals surface area contributed by atoms with E-state index in [9.17, 15) is 4.79 Å². The molecule has 0 atom stereocenters. The summed E-state index contributed by atoms with van der Waals surface area (Å²) < 4.78 is 5.58. The largest absolute Gasteiger partial charge is 0.427 e. The molecule has 2 N–H and O–H groups in total. The molecule has 5 heteroatoms. The minimum atomic E-state index is -0.477. The Morgan fingerprint density at radius 1 is 0.923 bits per heavy atom. The van der Waals surface area contributed by atoms with Gasteiger partial charge in [0.2, 0.25) is 0 Å². The molecule has 0 amide bonds. The Morgan fingerprint density at radius 3 is 2.54 bits per heavy atom. The maximum absolute atomic E-state index is 12.5. The van der Waals surface area contributed by atoms with Crippen molar-refractivity contribution in [3.05, 3.63) is 76.3 Å². The molecule has 4 aromatic rings. The van der Waals surface area contributed by atoms with Crippen molar-refractivity contribution in [3.63, 3.8) is 0 Å². The Hall–Kier alpha value is -3.47. The van der Waals surface area contributed by atoms with Crippen LogP contribution in [0.25, 0.3) is 33.4 Å². The SMILES string of the molecule is Nc1nc(-c2ccccc2)nc2c3c(oc(=O)c12)CCc1ccccc1-3. The highest BCUT2D eigenvalue weighted by molar-refractivity contribution is 6.00. The lowest BCUT2D eigenvalue weighted by Crippen LogP contribution is -2.14. The first-order valence-electron chi connectivity index (χ1n) is 8.49. The van der Waals surface area contributed by atoms with E-state index in [1.165, 1.54) is 5.56 Å². The van der Waals surface area contributed by atoms with Gasteiger partial charge in [-0.3, -0.25) is 0 Å². The minimum Gasteiger partial charge on any atom is -0.427 e. The number of rotatable bonds is 1. The summed E-state index contributed by atoms with van der Waals surface area (Å²) in [6, 6.07) is 17.7. The third kappa shape index (κ3) is 2.14. The molecule has 0 saturated heterocycles. The molecule has 26 heavy (non-hydrogen) atoms. The van der Waals surface area contributed by atoms with Crippen LogP contribution in [0.3, 0.4) is 0 Å². The van der Waals surface area contributed by atoms with Gasteiger partial charge in [-0.1, -0.05) is 54.6 Å². The van der Waals surface area contributed by atoms with Crippen LogP contribution in [-0.2, 0) is 12.8 Å². The second-order valence-electron chi connectivity index (χ2n) is 6.37. The molecule has 0 bridgehead atoms. The van der Waals surface area contributed by atoms with Crippen LogP contribution in [-0.4, -0.2) is 9.97 Å². The molecule has 1 aliphatic rings. The normalized spacial score (nSPS) is 12.6. The predicted molar refractivity (Wildman–Crippen MR) is 101 cm³/mol. The van der Waals surface area contributed by atoms with Crippen molar-refractivity contribution in [1.82, 2.24) is 9.97 Å². The van der Waals surface area contributed by atoms with Crippen molar-refractivity contribution in [2.75, 3.05) is 5.73 Å². The lowest BCUT2D eigenvalue weighted by atomic mass is 9.88. The fraction of sp³-hybridized carbons (Fsp3) is 0.0952. The van der Waals surface area contributed by atoms with Crippen molar-refractivity contribution in [2.45, 2.75) is 12.8 Å². The van der Waals surface area contributed by atoms with Gasteiger partial charge in [-0.25, -0.2) is 14.8 Å². The van der Waals surface area contributed by atoms with Crippen LogP contribution in [0.15, 0.2) is 63.8 Å². The molecule has 1 aliphatic carbocycles. The van der Waals surface area contributed by atoms with Crippen molar-refractivity contribution in [3.8, 4) is 22.5 Å². The number of hydrogen-bond donors (Lipinski definition) is 1. The molecule has 0 fully saturated rings. The van der Waals surface area contributed by atoms with Gasteiger partial charge in [0.15, 0.2) is 5.82 Å². The molecular weight excluding hydrogens is 326 g/mol. The van der Waals surface area contributed by atoms with Gasteiger partial charge in [0.25, 0.3) is 0 Å². The average Bonchev–Trinajstić information content (AvgIpc) is 2.68. The molecule has 0 saturated carbocycles. The number of nitrogens with two attached hydrogens (primary N) is 1. The predicted octanol–water partition coefficient (Wildman–Crippen LogP) is 3.60. The van der Waals surface area contributed by atoms with Gasteiger partial charge in [0.1, 0.15) is 17.0 Å². The molecule has 0 unspecified atom stereocenters. The molecule has 0 spiro atoms. The Morgan fingerprint density at radius 2 is 1.69 bits per heavy atom. The standard InChI is InChI=1S/C21H15N3O2/c22-19-17-18(23-20(24-19)13-7-2-1-3-8-13)16-14-9-5-4-6-12(14)10-11-15(16)26-21(17)25/h1-9H,10-11H2,(H2,22,23,24). The fourth-order valence-corrected chi connectivity index (χ4v) is 3.61. The van der Waals surface area contributed by atoms with E-state index in [2.05, 4.69) is 11.1 Å². The zero-order chi connectivity index (χ0) is 17.7. The van der Waals surface area contributed by atoms with E-state index >= 15 is 0 Å². The minimum absolute atomic E-state index is 0.147. The third-order valence-corrected chi connectivity index (χ3v) is 4.81. The summed E-state index contributed by atoms with van der Waals surface area (Å²) in [4.78, 5) is 21.6. The van der Waals surface area contributed by atoms with Crippen LogP contribution >= 0.6 is 0 Å². The number of hydrogen-bond acceptors (Lipinski definition) is 5. The van der Waals surface area contributed by atoms with E-state index in [1.807, 2.05) is 48.5 Å². The van der Waals surface area contributed by atoms with E-state index in [1.54, 1.807) is 0 Å². The highest BCUT2D eigenvalue weighted by atomic mass is 16.4. The van der Waals surface area contributed by atoms with Crippen LogP contribution in [0.5, 0.6) is 0 Å². The van der Waals surface area contributed by atoms with E-state index in [0.717, 1.165) is 23.1 Å². The first kappa shape index (κ1) is 14.8. The first-order chi connectivity index (χ1) is 12.7. The van der Waals surface area contributed by atoms with Gasteiger partial charge in [0.05, 0.1) is 5.52 Å². The number of aromatic nitrogens is 2. The van der Waals surface area contributed by atoms with Crippen LogP contribution in [0, 0.1) is 0 Å². The highest BCUT2D eigenvalue weighted by Crippen LogP contribution is 2.38. The highest BCUT2D eigenvalue weighted by Gasteiger charge is 2.25. The lowest BCUT2D eigenvalue weighted by molar-refractivity contribution is 0.465. The van der Waals surface area contributed by atoms with Crippen LogP contribution in [0.4, 0.5) is 5.82 Å². The maximum atomic E-state index is 12.5. The smallest absolute Gasteiger partial charge is 0.349 e. The van der Waals surface area contributed by atoms with Gasteiger partial charge in [0, 0.05) is 17.5 Å². The van der Waals surface area contributed by atoms with Gasteiger partial charge < -0.3 is 10.2 Å². The Labute approximate surface area is 149 Å². The number of anilines is 1. The van der Waals surface area contributed by atoms with E-state index in [0.29, 0.717) is 23.5 Å². The number of aryl methyl sites for hydroxylation is 2. The van der Waals surface area contributed by atoms with E-state index in [4.69, 9.17) is 15.1 Å². The van der Waals surface area contributed by atoms with Crippen LogP contribution in [0.1, 0.15) is 11.3 Å². The van der Waals surface area contributed by atoms with Gasteiger partial charge >= 0.3 is 5.63 Å². The maximum Gasteiger partial charge on any atom is 0.349 e. The second kappa shape index (κ2) is 5.52. The van der Waals surface area contributed by atoms with Crippen molar-refractivity contribution < 1.29 is 4.42 Å². The van der Waals surface area contributed by atoms with E-state index < -0.39 is 5.63 Å². The molecular formula is C21H15N3O2. The summed E-state index contributed by atoms with van der Waals surface area (Å²) in [6.45, 7) is 0. The number of fused-ring (bicyclic) bond motifs is 5. The summed E-state index contributed by atoms with van der Waals surface area (Å²) in [7, 11) is 0. The second-order valence-corrected chi connectivity index (χ2v) is 6.37. The topological polar surface area (TPSA) is 82.0 Å². The Balaban J connectivity index is 1.91. The summed E-state index contributed by atoms with van der Waals surface area (Å²) in [5.41, 5.74) is 10.2. The summed E-state index contributed by atoms with van der Waals surface area (Å²) in [5.74, 6) is 1.32. The lowest BCUT2D eigenvalue weighted by Gasteiger charge is -2.19. The van der Waals surface area contributed by atoms with Crippen molar-refractivity contribution >= 4 is 16.7 Å². The molecule has 5 rings (SSSR count). The molecule has 2 aromatic carbocycles. The van der Waals surface area contributed by atoms with Crippen molar-refractivity contribution in [2.24, 2.45) is 0 Å². The number of nitrogen functional groups attached to an aromatic ring is 1. The van der Waals surface area contributed by atoms with Crippen molar-refractivity contribution in [1.29, 1.82) is 0 Å². The van der Waals surface area contributed by atoms with E-state index in [-0.39, 0.29) is 11.2 Å². The van der Waals surface area contributed by atoms with Crippen LogP contribution in [0.2, 0.25) is 0 Å². The molecule has 5 nitrogen and oxygen atoms in total. The number of benzene rings is 2. The fourth-order valence-electron chi connectivity index (χ4n) is 3.61. The summed E-state index contributed by atoms with van der Waals surface area (Å²) >= 11 is 0. The number of nitrogens with zero attached hydrogens (tertiary/aromatic N) is 2. The molecule has 0 radical (unpaired) electrons. The molecule has 0 aliphatic heterocycles. The summed E-state index contributed by atoms with van der Waals surface area (Å²) in [6.07, 6.45) is 1.51. The molecule has 2 heterocycles. The van der Waals surface area contributed by atoms with Gasteiger partial charge in [-0.15, -0.1) is 0 Å². The zero-order valence-electron chi connectivity index (χ0n) is 13.9. The first-order valence-corrected chi connectivity index (χ1v) is 8.49. The zero-order valence-corrected chi connectivity index (χ0v) is 13.9. The van der Waals surface area contributed by atoms with Gasteiger partial charge in [-0.05, 0) is 17.5 Å². The average molecular weight is 341 g/mol. The van der Waals surface area contributed by atoms with Gasteiger partial charge in [-0.2, -0.15) is 0 Å². The Kier molecular flexibility index (Phi) is 3.15. The Bertz CT molecular complexity index is 1210. The monoisotopic (exact) mass is 341 g/mol. The summed E-state index contributed by atoms with van der Waals surface area (Å²) in [5, 5.41) is 0.250. The third-order valence-electron chi connectivity index (χ3n) is 4.81. The molecule has 2 aromatic heterocycles. The molecule has 126 valence electrons. The quantitative estimate of drug-likeness (QED) is 0.572. The van der Waals surface area contributed by atoms with Crippen LogP contribution < -0.4 is 11.4 Å².